The fraction of sp³-hybridized carbons (Fsp3) is 0.297. The van der Waals surface area contributed by atoms with E-state index in [2.05, 4.69) is 23.8 Å². The van der Waals surface area contributed by atoms with Crippen LogP contribution in [-0.2, 0) is 5.41 Å². The summed E-state index contributed by atoms with van der Waals surface area (Å²) in [6, 6.07) is 23.5. The number of unbranched alkanes of at least 4 members (excludes halogenated alkanes) is 2. The number of benzene rings is 4. The lowest BCUT2D eigenvalue weighted by Gasteiger charge is -2.33. The minimum absolute atomic E-state index is 0.0359. The number of hydrogen-bond donors (Lipinski definition) is 0. The Morgan fingerprint density at radius 3 is 1.39 bits per heavy atom. The van der Waals surface area contributed by atoms with Crippen molar-refractivity contribution < 1.29 is 31.5 Å². The first-order chi connectivity index (χ1) is 22.2. The monoisotopic (exact) mass is 628 g/mol. The van der Waals surface area contributed by atoms with Crippen LogP contribution in [0.3, 0.4) is 0 Å². The Hall–Kier alpha value is -4.79. The SMILES string of the molecule is CCCCOc1ccc(-c2nc3cc(C(C)(c4ccc5oc(-c6ccc(OCCCC)cc6)nc5c4)C(F)(F)F)ccc3o2)cc1. The van der Waals surface area contributed by atoms with Crippen molar-refractivity contribution in [1.82, 2.24) is 9.97 Å². The summed E-state index contributed by atoms with van der Waals surface area (Å²) < 4.78 is 68.3. The molecule has 2 aromatic heterocycles. The van der Waals surface area contributed by atoms with Crippen molar-refractivity contribution in [3.8, 4) is 34.4 Å². The number of oxazole rings is 2. The Labute approximate surface area is 265 Å². The highest BCUT2D eigenvalue weighted by Gasteiger charge is 2.53. The van der Waals surface area contributed by atoms with Crippen molar-refractivity contribution >= 4 is 22.2 Å². The fourth-order valence-corrected chi connectivity index (χ4v) is 5.27. The van der Waals surface area contributed by atoms with Gasteiger partial charge in [-0.2, -0.15) is 13.2 Å². The number of fused-ring (bicyclic) bond motifs is 2. The summed E-state index contributed by atoms with van der Waals surface area (Å²) in [7, 11) is 0. The Morgan fingerprint density at radius 2 is 1.02 bits per heavy atom. The van der Waals surface area contributed by atoms with Gasteiger partial charge in [0.2, 0.25) is 11.8 Å². The molecule has 2 heterocycles. The van der Waals surface area contributed by atoms with Crippen molar-refractivity contribution in [3.05, 3.63) is 96.1 Å². The smallest absolute Gasteiger partial charge is 0.402 e. The molecule has 0 unspecified atom stereocenters. The molecular formula is C37H35F3N2O4. The second kappa shape index (κ2) is 12.9. The summed E-state index contributed by atoms with van der Waals surface area (Å²) in [6.07, 6.45) is -0.630. The molecule has 238 valence electrons. The Balaban J connectivity index is 1.29. The van der Waals surface area contributed by atoms with E-state index in [-0.39, 0.29) is 11.1 Å². The molecule has 0 bridgehead atoms. The van der Waals surface area contributed by atoms with E-state index in [1.165, 1.54) is 43.3 Å². The van der Waals surface area contributed by atoms with Gasteiger partial charge in [0.25, 0.3) is 0 Å². The van der Waals surface area contributed by atoms with Crippen LogP contribution in [0.5, 0.6) is 11.5 Å². The lowest BCUT2D eigenvalue weighted by Crippen LogP contribution is -2.40. The van der Waals surface area contributed by atoms with Crippen LogP contribution in [0.4, 0.5) is 13.2 Å². The van der Waals surface area contributed by atoms with Crippen molar-refractivity contribution in [3.63, 3.8) is 0 Å². The molecule has 46 heavy (non-hydrogen) atoms. The Morgan fingerprint density at radius 1 is 0.609 bits per heavy atom. The number of aromatic nitrogens is 2. The van der Waals surface area contributed by atoms with Crippen LogP contribution in [-0.4, -0.2) is 29.4 Å². The highest BCUT2D eigenvalue weighted by molar-refractivity contribution is 5.80. The summed E-state index contributed by atoms with van der Waals surface area (Å²) in [5, 5.41) is 0. The zero-order valence-electron chi connectivity index (χ0n) is 26.0. The highest BCUT2D eigenvalue weighted by Crippen LogP contribution is 2.47. The normalized spacial score (nSPS) is 12.2. The van der Waals surface area contributed by atoms with E-state index >= 15 is 13.2 Å². The number of ether oxygens (including phenoxy) is 2. The largest absolute Gasteiger partial charge is 0.494 e. The number of halogens is 3. The molecule has 0 aliphatic heterocycles. The first-order valence-corrected chi connectivity index (χ1v) is 15.5. The standard InChI is InChI=1S/C37H35F3N2O4/c1-4-6-20-43-28-14-8-24(9-15-28)34-41-30-22-26(12-18-32(30)45-34)36(3,37(38,39)40)27-13-19-33-31(23-27)42-35(46-33)25-10-16-29(17-11-25)44-21-7-5-2/h8-19,22-23H,4-7,20-21H2,1-3H3. The highest BCUT2D eigenvalue weighted by atomic mass is 19.4. The van der Waals surface area contributed by atoms with Gasteiger partial charge in [0.15, 0.2) is 11.2 Å². The van der Waals surface area contributed by atoms with Gasteiger partial charge in [0.05, 0.1) is 13.2 Å². The maximum Gasteiger partial charge on any atom is 0.402 e. The first kappa shape index (κ1) is 31.2. The lowest BCUT2D eigenvalue weighted by molar-refractivity contribution is -0.173. The van der Waals surface area contributed by atoms with Gasteiger partial charge in [-0.05, 0) is 104 Å². The molecule has 0 fully saturated rings. The molecule has 6 rings (SSSR count). The van der Waals surface area contributed by atoms with Crippen molar-refractivity contribution in [2.75, 3.05) is 13.2 Å². The van der Waals surface area contributed by atoms with E-state index in [4.69, 9.17) is 18.3 Å². The summed E-state index contributed by atoms with van der Waals surface area (Å²) in [6.45, 7) is 6.63. The number of alkyl halides is 3. The predicted octanol–water partition coefficient (Wildman–Crippen LogP) is 10.5. The second-order valence-corrected chi connectivity index (χ2v) is 11.5. The van der Waals surface area contributed by atoms with Gasteiger partial charge in [0.1, 0.15) is 27.9 Å². The quantitative estimate of drug-likeness (QED) is 0.126. The Kier molecular flexibility index (Phi) is 8.75. The molecule has 0 atom stereocenters. The van der Waals surface area contributed by atoms with E-state index in [1.54, 1.807) is 0 Å². The van der Waals surface area contributed by atoms with Gasteiger partial charge in [-0.3, -0.25) is 0 Å². The van der Waals surface area contributed by atoms with E-state index < -0.39 is 11.6 Å². The van der Waals surface area contributed by atoms with Crippen LogP contribution in [0.15, 0.2) is 93.8 Å². The topological polar surface area (TPSA) is 70.5 Å². The third kappa shape index (κ3) is 6.18. The molecule has 0 spiro atoms. The zero-order valence-corrected chi connectivity index (χ0v) is 26.0. The van der Waals surface area contributed by atoms with Gasteiger partial charge in [-0.15, -0.1) is 0 Å². The molecule has 6 nitrogen and oxygen atoms in total. The molecule has 6 aromatic rings. The fourth-order valence-electron chi connectivity index (χ4n) is 5.27. The van der Waals surface area contributed by atoms with E-state index in [1.807, 2.05) is 48.5 Å². The van der Waals surface area contributed by atoms with Crippen LogP contribution in [0, 0.1) is 0 Å². The minimum atomic E-state index is -4.63. The third-order valence-electron chi connectivity index (χ3n) is 8.23. The van der Waals surface area contributed by atoms with E-state index in [9.17, 15) is 0 Å². The van der Waals surface area contributed by atoms with Gasteiger partial charge < -0.3 is 18.3 Å². The van der Waals surface area contributed by atoms with E-state index in [0.29, 0.717) is 58.3 Å². The van der Waals surface area contributed by atoms with Crippen molar-refractivity contribution in [1.29, 1.82) is 0 Å². The Bertz CT molecular complexity index is 1790. The number of rotatable bonds is 12. The van der Waals surface area contributed by atoms with Crippen LogP contribution in [0.2, 0.25) is 0 Å². The first-order valence-electron chi connectivity index (χ1n) is 15.5. The van der Waals surface area contributed by atoms with Gasteiger partial charge in [0, 0.05) is 11.1 Å². The average molecular weight is 629 g/mol. The van der Waals surface area contributed by atoms with E-state index in [0.717, 1.165) is 37.2 Å². The third-order valence-corrected chi connectivity index (χ3v) is 8.23. The van der Waals surface area contributed by atoms with Crippen molar-refractivity contribution in [2.45, 2.75) is 58.0 Å². The molecule has 0 aliphatic carbocycles. The van der Waals surface area contributed by atoms with Crippen LogP contribution >= 0.6 is 0 Å². The summed E-state index contributed by atoms with van der Waals surface area (Å²) in [5.74, 6) is 2.10. The molecule has 0 saturated heterocycles. The number of nitrogens with zero attached hydrogens (tertiary/aromatic N) is 2. The zero-order chi connectivity index (χ0) is 32.3. The molecule has 0 N–H and O–H groups in total. The molecule has 9 heteroatoms. The maximum absolute atomic E-state index is 15.0. The summed E-state index contributed by atoms with van der Waals surface area (Å²) in [5.41, 5.74) is 0.562. The van der Waals surface area contributed by atoms with Crippen LogP contribution in [0.25, 0.3) is 45.1 Å². The predicted molar refractivity (Wildman–Crippen MR) is 172 cm³/mol. The van der Waals surface area contributed by atoms with Crippen LogP contribution < -0.4 is 9.47 Å². The maximum atomic E-state index is 15.0. The van der Waals surface area contributed by atoms with Gasteiger partial charge in [-0.25, -0.2) is 9.97 Å². The molecular weight excluding hydrogens is 593 g/mol. The summed E-state index contributed by atoms with van der Waals surface area (Å²) >= 11 is 0. The van der Waals surface area contributed by atoms with Crippen molar-refractivity contribution in [2.24, 2.45) is 0 Å². The lowest BCUT2D eigenvalue weighted by atomic mass is 9.75. The average Bonchev–Trinajstić information content (AvgIpc) is 3.69. The summed E-state index contributed by atoms with van der Waals surface area (Å²) in [4.78, 5) is 9.08. The molecule has 0 amide bonds. The minimum Gasteiger partial charge on any atom is -0.494 e. The molecule has 0 aliphatic rings. The van der Waals surface area contributed by atoms with Gasteiger partial charge >= 0.3 is 6.18 Å². The molecule has 0 saturated carbocycles. The van der Waals surface area contributed by atoms with Gasteiger partial charge in [-0.1, -0.05) is 38.8 Å². The molecule has 4 aromatic carbocycles. The van der Waals surface area contributed by atoms with Crippen LogP contribution in [0.1, 0.15) is 57.6 Å². The molecule has 0 radical (unpaired) electrons. The second-order valence-electron chi connectivity index (χ2n) is 11.5. The number of hydrogen-bond acceptors (Lipinski definition) is 6.